The summed E-state index contributed by atoms with van der Waals surface area (Å²) < 4.78 is 10.5. The molecule has 1 aromatic carbocycles. The van der Waals surface area contributed by atoms with Gasteiger partial charge in [-0.2, -0.15) is 0 Å². The number of hydrogen-bond acceptors (Lipinski definition) is 6. The van der Waals surface area contributed by atoms with E-state index in [1.807, 2.05) is 0 Å². The molecule has 1 amide bonds. The molecule has 2 aliphatic carbocycles. The van der Waals surface area contributed by atoms with Crippen LogP contribution in [0.1, 0.15) is 6.42 Å². The van der Waals surface area contributed by atoms with E-state index in [1.165, 1.54) is 25.3 Å². The van der Waals surface area contributed by atoms with E-state index in [1.54, 1.807) is 0 Å². The molecule has 0 spiro atoms. The van der Waals surface area contributed by atoms with Crippen molar-refractivity contribution in [3.05, 3.63) is 28.3 Å². The maximum atomic E-state index is 12.9. The largest absolute Gasteiger partial charge is 0.497 e. The van der Waals surface area contributed by atoms with E-state index in [0.717, 1.165) is 6.42 Å². The first-order valence-corrected chi connectivity index (χ1v) is 8.81. The van der Waals surface area contributed by atoms with Crippen LogP contribution in [0, 0.1) is 33.8 Å². The molecule has 1 heterocycles. The van der Waals surface area contributed by atoms with Crippen molar-refractivity contribution >= 4 is 39.2 Å². The van der Waals surface area contributed by atoms with Crippen LogP contribution in [-0.4, -0.2) is 34.8 Å². The van der Waals surface area contributed by atoms with Crippen LogP contribution in [0.3, 0.4) is 0 Å². The number of hydrogen-bond donors (Lipinski definition) is 1. The van der Waals surface area contributed by atoms with Crippen LogP contribution in [0.4, 0.5) is 11.4 Å². The van der Waals surface area contributed by atoms with Gasteiger partial charge in [-0.3, -0.25) is 19.7 Å². The van der Waals surface area contributed by atoms with E-state index < -0.39 is 22.7 Å². The van der Waals surface area contributed by atoms with Crippen molar-refractivity contribution in [3.8, 4) is 5.75 Å². The van der Waals surface area contributed by atoms with Crippen LogP contribution in [-0.2, 0) is 14.3 Å². The molecule has 1 N–H and O–H groups in total. The second-order valence-corrected chi connectivity index (χ2v) is 7.65. The summed E-state index contributed by atoms with van der Waals surface area (Å²) in [7, 11) is 1.44. The zero-order valence-electron chi connectivity index (χ0n) is 13.2. The van der Waals surface area contributed by atoms with Gasteiger partial charge in [0.1, 0.15) is 17.5 Å². The summed E-state index contributed by atoms with van der Waals surface area (Å²) in [4.78, 5) is 35.6. The summed E-state index contributed by atoms with van der Waals surface area (Å²) in [5, 5.41) is 13.8. The predicted octanol–water partition coefficient (Wildman–Crippen LogP) is 2.11. The number of amides is 1. The highest BCUT2D eigenvalue weighted by Gasteiger charge is 2.67. The number of ether oxygens (including phenoxy) is 2. The van der Waals surface area contributed by atoms with E-state index in [4.69, 9.17) is 9.47 Å². The zero-order chi connectivity index (χ0) is 17.9. The minimum atomic E-state index is -0.566. The number of anilines is 1. The third-order valence-corrected chi connectivity index (χ3v) is 6.68. The Morgan fingerprint density at radius 1 is 1.44 bits per heavy atom. The van der Waals surface area contributed by atoms with Crippen molar-refractivity contribution in [2.24, 2.45) is 23.7 Å². The number of rotatable bonds is 4. The van der Waals surface area contributed by atoms with Gasteiger partial charge in [-0.25, -0.2) is 0 Å². The molecule has 1 saturated heterocycles. The first-order valence-electron chi connectivity index (χ1n) is 7.90. The molecule has 6 atom stereocenters. The predicted molar refractivity (Wildman–Crippen MR) is 89.5 cm³/mol. The van der Waals surface area contributed by atoms with Crippen LogP contribution in [0.15, 0.2) is 18.2 Å². The van der Waals surface area contributed by atoms with Gasteiger partial charge in [0.25, 0.3) is 5.69 Å². The second-order valence-electron chi connectivity index (χ2n) is 6.59. The highest BCUT2D eigenvalue weighted by molar-refractivity contribution is 9.09. The number of esters is 1. The van der Waals surface area contributed by atoms with Crippen molar-refractivity contribution in [2.75, 3.05) is 12.4 Å². The summed E-state index contributed by atoms with van der Waals surface area (Å²) in [6.07, 6.45) is 0.577. The number of nitro benzene ring substituents is 1. The number of carbonyl (C=O) groups is 2. The van der Waals surface area contributed by atoms with Gasteiger partial charge in [-0.05, 0) is 18.4 Å². The lowest BCUT2D eigenvalue weighted by atomic mass is 9.79. The summed E-state index contributed by atoms with van der Waals surface area (Å²) in [5.74, 6) is -1.34. The van der Waals surface area contributed by atoms with Crippen molar-refractivity contribution in [1.82, 2.24) is 0 Å². The molecule has 132 valence electrons. The molecule has 8 nitrogen and oxygen atoms in total. The molecule has 0 aromatic heterocycles. The molecule has 2 saturated carbocycles. The third kappa shape index (κ3) is 2.32. The number of halogens is 1. The fraction of sp³-hybridized carbons (Fsp3) is 0.500. The Hall–Kier alpha value is -2.16. The monoisotopic (exact) mass is 410 g/mol. The molecular weight excluding hydrogens is 396 g/mol. The first kappa shape index (κ1) is 16.3. The van der Waals surface area contributed by atoms with Gasteiger partial charge in [-0.1, -0.05) is 15.9 Å². The molecule has 3 fully saturated rings. The maximum Gasteiger partial charge on any atom is 0.310 e. The smallest absolute Gasteiger partial charge is 0.310 e. The van der Waals surface area contributed by atoms with Gasteiger partial charge in [0.05, 0.1) is 28.7 Å². The molecule has 9 heteroatoms. The molecule has 1 aromatic rings. The number of fused-ring (bicyclic) bond motifs is 1. The lowest BCUT2D eigenvalue weighted by Crippen LogP contribution is -2.40. The Bertz CT molecular complexity index is 784. The molecule has 25 heavy (non-hydrogen) atoms. The quantitative estimate of drug-likeness (QED) is 0.352. The average molecular weight is 411 g/mol. The Balaban J connectivity index is 1.63. The lowest BCUT2D eigenvalue weighted by Gasteiger charge is -2.27. The number of methoxy groups -OCH3 is 1. The zero-order valence-corrected chi connectivity index (χ0v) is 14.8. The van der Waals surface area contributed by atoms with Gasteiger partial charge in [0.15, 0.2) is 0 Å². The number of nitro groups is 1. The molecule has 0 radical (unpaired) electrons. The number of benzene rings is 1. The molecule has 4 rings (SSSR count). The van der Waals surface area contributed by atoms with E-state index in [2.05, 4.69) is 21.2 Å². The Kier molecular flexibility index (Phi) is 3.71. The topological polar surface area (TPSA) is 108 Å². The highest BCUT2D eigenvalue weighted by atomic mass is 79.9. The Morgan fingerprint density at radius 3 is 2.88 bits per heavy atom. The van der Waals surface area contributed by atoms with Crippen LogP contribution in [0.2, 0.25) is 0 Å². The van der Waals surface area contributed by atoms with E-state index in [0.29, 0.717) is 5.75 Å². The standard InChI is InChI=1S/C16H15BrN2O6/c1-24-6-2-3-10(19(22)23)9(4-6)18-15(20)11-7-5-8-12(11)16(21)25-14(8)13(7)17/h2-4,7-8,11-14H,5H2,1H3,(H,18,20)/t7-,8-,11-,12-,13+,14+/m1/s1. The van der Waals surface area contributed by atoms with Crippen molar-refractivity contribution in [1.29, 1.82) is 0 Å². The van der Waals surface area contributed by atoms with Gasteiger partial charge < -0.3 is 14.8 Å². The van der Waals surface area contributed by atoms with Gasteiger partial charge in [0.2, 0.25) is 5.91 Å². The molecule has 0 unspecified atom stereocenters. The summed E-state index contributed by atoms with van der Waals surface area (Å²) in [6.45, 7) is 0. The molecular formula is C16H15BrN2O6. The van der Waals surface area contributed by atoms with Crippen LogP contribution < -0.4 is 10.1 Å². The minimum Gasteiger partial charge on any atom is -0.497 e. The Morgan fingerprint density at radius 2 is 2.20 bits per heavy atom. The number of nitrogens with one attached hydrogen (secondary N) is 1. The molecule has 1 aliphatic heterocycles. The van der Waals surface area contributed by atoms with Gasteiger partial charge in [-0.15, -0.1) is 0 Å². The summed E-state index contributed by atoms with van der Waals surface area (Å²) in [6, 6.07) is 4.14. The van der Waals surface area contributed by atoms with Crippen LogP contribution >= 0.6 is 15.9 Å². The fourth-order valence-electron chi connectivity index (χ4n) is 4.45. The number of alkyl halides is 1. The van der Waals surface area contributed by atoms with E-state index >= 15 is 0 Å². The Labute approximate surface area is 151 Å². The third-order valence-electron chi connectivity index (χ3n) is 5.48. The van der Waals surface area contributed by atoms with Crippen LogP contribution in [0.25, 0.3) is 0 Å². The van der Waals surface area contributed by atoms with Crippen LogP contribution in [0.5, 0.6) is 5.75 Å². The average Bonchev–Trinajstić information content (AvgIpc) is 3.18. The van der Waals surface area contributed by atoms with Gasteiger partial charge >= 0.3 is 5.97 Å². The van der Waals surface area contributed by atoms with Gasteiger partial charge in [0, 0.05) is 18.1 Å². The minimum absolute atomic E-state index is 0.0175. The lowest BCUT2D eigenvalue weighted by molar-refractivity contribution is -0.384. The fourth-order valence-corrected chi connectivity index (χ4v) is 5.49. The summed E-state index contributed by atoms with van der Waals surface area (Å²) >= 11 is 3.55. The number of carbonyl (C=O) groups excluding carboxylic acids is 2. The van der Waals surface area contributed by atoms with Crippen molar-refractivity contribution < 1.29 is 24.0 Å². The molecule has 3 aliphatic rings. The first-order chi connectivity index (χ1) is 11.9. The number of nitrogens with zero attached hydrogens (tertiary/aromatic N) is 1. The van der Waals surface area contributed by atoms with E-state index in [-0.39, 0.29) is 40.1 Å². The maximum absolute atomic E-state index is 12.9. The summed E-state index contributed by atoms with van der Waals surface area (Å²) in [5.41, 5.74) is -0.161. The highest BCUT2D eigenvalue weighted by Crippen LogP contribution is 2.60. The van der Waals surface area contributed by atoms with E-state index in [9.17, 15) is 19.7 Å². The normalized spacial score (nSPS) is 34.7. The molecule has 2 bridgehead atoms. The SMILES string of the molecule is COc1ccc([N+](=O)[O-])c(NC(=O)[C@@H]2[C@H]3C[C@H]4[C@H](OC(=O)[C@H]42)[C@H]3Br)c1. The van der Waals surface area contributed by atoms with Crippen molar-refractivity contribution in [3.63, 3.8) is 0 Å². The second kappa shape index (κ2) is 5.69. The van der Waals surface area contributed by atoms with Crippen molar-refractivity contribution in [2.45, 2.75) is 17.4 Å².